The average molecular weight is 396 g/mol. The molecule has 0 aliphatic rings. The van der Waals surface area contributed by atoms with Gasteiger partial charge in [-0.05, 0) is 34.1 Å². The SMILES string of the molecule is Cn1ncnc1NS(=O)(=O)c1cc(Br)ccc1Br. The van der Waals surface area contributed by atoms with E-state index in [-0.39, 0.29) is 10.8 Å². The average Bonchev–Trinajstić information content (AvgIpc) is 2.67. The summed E-state index contributed by atoms with van der Waals surface area (Å²) in [6.07, 6.45) is 1.27. The van der Waals surface area contributed by atoms with E-state index >= 15 is 0 Å². The highest BCUT2D eigenvalue weighted by Gasteiger charge is 2.20. The van der Waals surface area contributed by atoms with Crippen molar-refractivity contribution < 1.29 is 8.42 Å². The van der Waals surface area contributed by atoms with Crippen molar-refractivity contribution >= 4 is 47.8 Å². The number of rotatable bonds is 3. The fourth-order valence-corrected chi connectivity index (χ4v) is 3.79. The normalized spacial score (nSPS) is 11.5. The lowest BCUT2D eigenvalue weighted by molar-refractivity contribution is 0.599. The minimum atomic E-state index is -3.71. The number of nitrogens with one attached hydrogen (secondary N) is 1. The lowest BCUT2D eigenvalue weighted by Crippen LogP contribution is -2.16. The van der Waals surface area contributed by atoms with Crippen LogP contribution in [0.3, 0.4) is 0 Å². The summed E-state index contributed by atoms with van der Waals surface area (Å²) < 4.78 is 29.2. The molecule has 0 aliphatic heterocycles. The van der Waals surface area contributed by atoms with E-state index in [1.54, 1.807) is 19.2 Å². The number of aromatic nitrogens is 3. The quantitative estimate of drug-likeness (QED) is 0.863. The highest BCUT2D eigenvalue weighted by atomic mass is 79.9. The first-order valence-corrected chi connectivity index (χ1v) is 7.79. The monoisotopic (exact) mass is 394 g/mol. The lowest BCUT2D eigenvalue weighted by Gasteiger charge is -2.08. The van der Waals surface area contributed by atoms with Crippen molar-refractivity contribution in [3.8, 4) is 0 Å². The van der Waals surface area contributed by atoms with Gasteiger partial charge in [0.05, 0.1) is 0 Å². The molecule has 9 heteroatoms. The van der Waals surface area contributed by atoms with Crippen LogP contribution in [0.5, 0.6) is 0 Å². The van der Waals surface area contributed by atoms with Crippen LogP contribution in [-0.2, 0) is 17.1 Å². The Bertz CT molecular complexity index is 684. The smallest absolute Gasteiger partial charge is 0.247 e. The maximum absolute atomic E-state index is 12.2. The van der Waals surface area contributed by atoms with Crippen LogP contribution in [0.15, 0.2) is 38.4 Å². The highest BCUT2D eigenvalue weighted by molar-refractivity contribution is 9.11. The number of nitrogens with zero attached hydrogens (tertiary/aromatic N) is 3. The predicted octanol–water partition coefficient (Wildman–Crippen LogP) is 2.14. The zero-order valence-corrected chi connectivity index (χ0v) is 13.1. The third kappa shape index (κ3) is 2.73. The van der Waals surface area contributed by atoms with Gasteiger partial charge in [0.15, 0.2) is 0 Å². The molecule has 0 fully saturated rings. The molecule has 0 unspecified atom stereocenters. The molecule has 6 nitrogen and oxygen atoms in total. The molecule has 96 valence electrons. The Morgan fingerprint density at radius 1 is 1.33 bits per heavy atom. The van der Waals surface area contributed by atoms with Crippen LogP contribution < -0.4 is 4.72 Å². The van der Waals surface area contributed by atoms with Crippen LogP contribution in [0.2, 0.25) is 0 Å². The molecule has 1 N–H and O–H groups in total. The van der Waals surface area contributed by atoms with E-state index in [1.807, 2.05) is 0 Å². The summed E-state index contributed by atoms with van der Waals surface area (Å²) in [5.74, 6) is 0.155. The molecule has 1 heterocycles. The Hall–Kier alpha value is -0.930. The summed E-state index contributed by atoms with van der Waals surface area (Å²) in [6, 6.07) is 4.89. The molecule has 0 radical (unpaired) electrons. The molecule has 18 heavy (non-hydrogen) atoms. The Kier molecular flexibility index (Phi) is 3.74. The van der Waals surface area contributed by atoms with Gasteiger partial charge in [-0.25, -0.2) is 17.8 Å². The van der Waals surface area contributed by atoms with Crippen LogP contribution in [0.25, 0.3) is 0 Å². The number of halogens is 2. The van der Waals surface area contributed by atoms with Gasteiger partial charge in [-0.2, -0.15) is 10.1 Å². The van der Waals surface area contributed by atoms with E-state index in [2.05, 4.69) is 46.7 Å². The molecule has 1 aromatic carbocycles. The lowest BCUT2D eigenvalue weighted by atomic mass is 10.4. The van der Waals surface area contributed by atoms with Crippen LogP contribution in [0.1, 0.15) is 0 Å². The van der Waals surface area contributed by atoms with Crippen LogP contribution in [0, 0.1) is 0 Å². The molecule has 2 rings (SSSR count). The van der Waals surface area contributed by atoms with E-state index in [9.17, 15) is 8.42 Å². The summed E-state index contributed by atoms with van der Waals surface area (Å²) in [4.78, 5) is 3.94. The van der Waals surface area contributed by atoms with E-state index in [0.717, 1.165) is 0 Å². The second kappa shape index (κ2) is 4.98. The largest absolute Gasteiger partial charge is 0.265 e. The maximum Gasteiger partial charge on any atom is 0.265 e. The zero-order valence-electron chi connectivity index (χ0n) is 9.13. The summed E-state index contributed by atoms with van der Waals surface area (Å²) >= 11 is 6.44. The molecular weight excluding hydrogens is 388 g/mol. The number of hydrogen-bond acceptors (Lipinski definition) is 4. The van der Waals surface area contributed by atoms with Crippen molar-refractivity contribution in [1.82, 2.24) is 14.8 Å². The minimum Gasteiger partial charge on any atom is -0.247 e. The van der Waals surface area contributed by atoms with Crippen molar-refractivity contribution in [2.45, 2.75) is 4.90 Å². The molecule has 2 aromatic rings. The van der Waals surface area contributed by atoms with E-state index in [1.165, 1.54) is 17.1 Å². The van der Waals surface area contributed by atoms with Crippen molar-refractivity contribution in [3.63, 3.8) is 0 Å². The number of sulfonamides is 1. The van der Waals surface area contributed by atoms with Gasteiger partial charge in [0.25, 0.3) is 10.0 Å². The van der Waals surface area contributed by atoms with Gasteiger partial charge in [-0.15, -0.1) is 0 Å². The minimum absolute atomic E-state index is 0.125. The maximum atomic E-state index is 12.2. The molecule has 0 spiro atoms. The Morgan fingerprint density at radius 3 is 2.67 bits per heavy atom. The standard InChI is InChI=1S/C9H8Br2N4O2S/c1-15-9(12-5-13-15)14-18(16,17)8-4-6(10)2-3-7(8)11/h2-5H,1H3,(H,12,13,14). The summed E-state index contributed by atoms with van der Waals surface area (Å²) in [7, 11) is -2.11. The number of benzene rings is 1. The highest BCUT2D eigenvalue weighted by Crippen LogP contribution is 2.26. The van der Waals surface area contributed by atoms with Crippen molar-refractivity contribution in [3.05, 3.63) is 33.5 Å². The first-order chi connectivity index (χ1) is 8.40. The van der Waals surface area contributed by atoms with Crippen LogP contribution in [0.4, 0.5) is 5.95 Å². The van der Waals surface area contributed by atoms with E-state index < -0.39 is 10.0 Å². The summed E-state index contributed by atoms with van der Waals surface area (Å²) in [6.45, 7) is 0. The zero-order chi connectivity index (χ0) is 13.3. The number of hydrogen-bond donors (Lipinski definition) is 1. The van der Waals surface area contributed by atoms with Gasteiger partial charge < -0.3 is 0 Å². The third-order valence-electron chi connectivity index (χ3n) is 2.12. The van der Waals surface area contributed by atoms with Crippen LogP contribution in [-0.4, -0.2) is 23.2 Å². The first kappa shape index (κ1) is 13.5. The van der Waals surface area contributed by atoms with Gasteiger partial charge >= 0.3 is 0 Å². The Labute approximate surface area is 121 Å². The van der Waals surface area contributed by atoms with Gasteiger partial charge in [0.1, 0.15) is 11.2 Å². The van der Waals surface area contributed by atoms with Gasteiger partial charge in [0, 0.05) is 16.0 Å². The second-order valence-electron chi connectivity index (χ2n) is 3.39. The van der Waals surface area contributed by atoms with Gasteiger partial charge in [-0.1, -0.05) is 15.9 Å². The number of anilines is 1. The van der Waals surface area contributed by atoms with Crippen molar-refractivity contribution in [1.29, 1.82) is 0 Å². The van der Waals surface area contributed by atoms with Crippen molar-refractivity contribution in [2.75, 3.05) is 4.72 Å². The summed E-state index contributed by atoms with van der Waals surface area (Å²) in [5, 5.41) is 3.79. The molecule has 1 aromatic heterocycles. The van der Waals surface area contributed by atoms with Crippen LogP contribution >= 0.6 is 31.9 Å². The molecule has 0 bridgehead atoms. The van der Waals surface area contributed by atoms with Gasteiger partial charge in [0.2, 0.25) is 5.95 Å². The van der Waals surface area contributed by atoms with E-state index in [4.69, 9.17) is 0 Å². The molecule has 0 saturated heterocycles. The van der Waals surface area contributed by atoms with Gasteiger partial charge in [-0.3, -0.25) is 0 Å². The number of aryl methyl sites for hydroxylation is 1. The molecule has 0 aliphatic carbocycles. The fourth-order valence-electron chi connectivity index (χ4n) is 1.25. The molecule has 0 amide bonds. The molecular formula is C9H8Br2N4O2S. The Balaban J connectivity index is 2.43. The third-order valence-corrected chi connectivity index (χ3v) is 4.94. The Morgan fingerprint density at radius 2 is 2.06 bits per heavy atom. The topological polar surface area (TPSA) is 76.9 Å². The first-order valence-electron chi connectivity index (χ1n) is 4.72. The van der Waals surface area contributed by atoms with E-state index in [0.29, 0.717) is 8.95 Å². The fraction of sp³-hybridized carbons (Fsp3) is 0.111. The van der Waals surface area contributed by atoms with Crippen molar-refractivity contribution in [2.24, 2.45) is 7.05 Å². The molecule has 0 saturated carbocycles. The summed E-state index contributed by atoms with van der Waals surface area (Å²) in [5.41, 5.74) is 0. The second-order valence-corrected chi connectivity index (χ2v) is 6.81. The predicted molar refractivity (Wildman–Crippen MR) is 73.7 cm³/mol. The molecule has 0 atom stereocenters.